The van der Waals surface area contributed by atoms with Crippen molar-refractivity contribution < 1.29 is 14.3 Å². The number of ether oxygens (including phenoxy) is 2. The second kappa shape index (κ2) is 6.92. The molecule has 1 amide bonds. The Morgan fingerprint density at radius 2 is 1.95 bits per heavy atom. The third kappa shape index (κ3) is 3.48. The Morgan fingerprint density at radius 1 is 1.33 bits per heavy atom. The van der Waals surface area contributed by atoms with E-state index in [-0.39, 0.29) is 11.3 Å². The third-order valence-electron chi connectivity index (χ3n) is 3.30. The van der Waals surface area contributed by atoms with Gasteiger partial charge in [-0.1, -0.05) is 29.8 Å². The number of halogens is 1. The van der Waals surface area contributed by atoms with Gasteiger partial charge in [-0.2, -0.15) is 0 Å². The lowest BCUT2D eigenvalue weighted by molar-refractivity contribution is -0.128. The number of hydrogen-bond donors (Lipinski definition) is 0. The lowest BCUT2D eigenvalue weighted by Crippen LogP contribution is -2.31. The molecule has 1 saturated heterocycles. The Hall–Kier alpha value is -0.880. The predicted octanol–water partition coefficient (Wildman–Crippen LogP) is 3.70. The zero-order valence-corrected chi connectivity index (χ0v) is 15.1. The van der Waals surface area contributed by atoms with E-state index in [1.54, 1.807) is 26.0 Å². The summed E-state index contributed by atoms with van der Waals surface area (Å²) in [5, 5.41) is 0.0223. The van der Waals surface area contributed by atoms with E-state index in [2.05, 4.69) is 29.8 Å². The number of nitrogens with zero attached hydrogens (tertiary/aromatic N) is 1. The van der Waals surface area contributed by atoms with Crippen molar-refractivity contribution >= 4 is 33.6 Å². The van der Waals surface area contributed by atoms with Gasteiger partial charge in [0.25, 0.3) is 0 Å². The van der Waals surface area contributed by atoms with Gasteiger partial charge in [-0.25, -0.2) is 0 Å². The Labute approximate surface area is 138 Å². The number of benzene rings is 1. The molecule has 0 bridgehead atoms. The molecular weight excluding hydrogens is 354 g/mol. The van der Waals surface area contributed by atoms with Crippen molar-refractivity contribution in [2.75, 3.05) is 26.5 Å². The zero-order chi connectivity index (χ0) is 15.6. The Morgan fingerprint density at radius 3 is 2.52 bits per heavy atom. The molecule has 0 aliphatic carbocycles. The highest BCUT2D eigenvalue weighted by Gasteiger charge is 2.34. The summed E-state index contributed by atoms with van der Waals surface area (Å²) in [5.74, 6) is 2.52. The summed E-state index contributed by atoms with van der Waals surface area (Å²) < 4.78 is 11.6. The molecule has 1 heterocycles. The van der Waals surface area contributed by atoms with Crippen LogP contribution in [-0.4, -0.2) is 37.3 Å². The van der Waals surface area contributed by atoms with E-state index in [0.717, 1.165) is 16.6 Å². The van der Waals surface area contributed by atoms with Gasteiger partial charge in [-0.05, 0) is 18.1 Å². The normalized spacial score (nSPS) is 18.5. The minimum absolute atomic E-state index is 0.0223. The first-order chi connectivity index (χ1) is 9.97. The van der Waals surface area contributed by atoms with Crippen molar-refractivity contribution in [3.05, 3.63) is 22.2 Å². The lowest BCUT2D eigenvalue weighted by atomic mass is 10.1. The molecule has 0 radical (unpaired) electrons. The second-order valence-electron chi connectivity index (χ2n) is 5.33. The summed E-state index contributed by atoms with van der Waals surface area (Å²) >= 11 is 5.24. The molecule has 1 aromatic carbocycles. The predicted molar refractivity (Wildman–Crippen MR) is 89.0 cm³/mol. The fraction of sp³-hybridized carbons (Fsp3) is 0.533. The molecule has 1 fully saturated rings. The Bertz CT molecular complexity index is 536. The van der Waals surface area contributed by atoms with Crippen LogP contribution in [0.15, 0.2) is 16.6 Å². The van der Waals surface area contributed by atoms with Gasteiger partial charge >= 0.3 is 0 Å². The van der Waals surface area contributed by atoms with E-state index in [0.29, 0.717) is 23.2 Å². The van der Waals surface area contributed by atoms with Crippen molar-refractivity contribution in [3.63, 3.8) is 0 Å². The van der Waals surface area contributed by atoms with Crippen LogP contribution in [0.3, 0.4) is 0 Å². The summed E-state index contributed by atoms with van der Waals surface area (Å²) in [7, 11) is 3.23. The minimum atomic E-state index is 0.0223. The van der Waals surface area contributed by atoms with E-state index in [1.807, 2.05) is 17.0 Å². The van der Waals surface area contributed by atoms with Gasteiger partial charge in [0, 0.05) is 16.6 Å². The van der Waals surface area contributed by atoms with E-state index < -0.39 is 0 Å². The maximum absolute atomic E-state index is 12.1. The lowest BCUT2D eigenvalue weighted by Gasteiger charge is -2.27. The molecule has 1 atom stereocenters. The van der Waals surface area contributed by atoms with Crippen molar-refractivity contribution in [1.82, 2.24) is 4.90 Å². The highest BCUT2D eigenvalue weighted by atomic mass is 79.9. The molecule has 1 aliphatic heterocycles. The van der Waals surface area contributed by atoms with Crippen LogP contribution in [-0.2, 0) is 4.79 Å². The molecule has 1 aromatic rings. The smallest absolute Gasteiger partial charge is 0.233 e. The third-order valence-corrected chi connectivity index (χ3v) is 5.22. The molecule has 1 unspecified atom stereocenters. The maximum atomic E-state index is 12.1. The molecular formula is C15H20BrNO3S. The topological polar surface area (TPSA) is 38.8 Å². The van der Waals surface area contributed by atoms with Crippen LogP contribution < -0.4 is 9.47 Å². The quantitative estimate of drug-likeness (QED) is 0.788. The molecule has 21 heavy (non-hydrogen) atoms. The van der Waals surface area contributed by atoms with Crippen LogP contribution in [0.5, 0.6) is 11.5 Å². The minimum Gasteiger partial charge on any atom is -0.493 e. The molecule has 6 heteroatoms. The highest BCUT2D eigenvalue weighted by molar-refractivity contribution is 9.10. The number of methoxy groups -OCH3 is 2. The number of carbonyl (C=O) groups excluding carboxylic acids is 1. The van der Waals surface area contributed by atoms with E-state index >= 15 is 0 Å². The highest BCUT2D eigenvalue weighted by Crippen LogP contribution is 2.45. The summed E-state index contributed by atoms with van der Waals surface area (Å²) in [6.45, 7) is 5.01. The van der Waals surface area contributed by atoms with Crippen LogP contribution >= 0.6 is 27.7 Å². The standard InChI is InChI=1S/C15H20BrNO3S/c1-9(2)7-17-14(18)8-21-15(17)10-5-12(19-3)13(20-4)6-11(10)16/h5-6,9,15H,7-8H2,1-4H3. The average molecular weight is 374 g/mol. The maximum Gasteiger partial charge on any atom is 0.233 e. The largest absolute Gasteiger partial charge is 0.493 e. The number of rotatable bonds is 5. The number of amides is 1. The first kappa shape index (κ1) is 16.5. The second-order valence-corrected chi connectivity index (χ2v) is 7.25. The van der Waals surface area contributed by atoms with E-state index in [9.17, 15) is 4.79 Å². The average Bonchev–Trinajstić information content (AvgIpc) is 2.79. The van der Waals surface area contributed by atoms with Gasteiger partial charge in [0.2, 0.25) is 5.91 Å². The number of carbonyl (C=O) groups is 1. The van der Waals surface area contributed by atoms with Crippen LogP contribution in [0.2, 0.25) is 0 Å². The molecule has 2 rings (SSSR count). The van der Waals surface area contributed by atoms with Gasteiger partial charge in [0.05, 0.1) is 20.0 Å². The van der Waals surface area contributed by atoms with Crippen molar-refractivity contribution in [2.45, 2.75) is 19.2 Å². The summed E-state index contributed by atoms with van der Waals surface area (Å²) in [6.07, 6.45) is 0. The molecule has 0 saturated carbocycles. The van der Waals surface area contributed by atoms with Crippen LogP contribution in [0.25, 0.3) is 0 Å². The number of hydrogen-bond acceptors (Lipinski definition) is 4. The summed E-state index contributed by atoms with van der Waals surface area (Å²) in [5.41, 5.74) is 1.05. The van der Waals surface area contributed by atoms with Crippen LogP contribution in [0, 0.1) is 5.92 Å². The zero-order valence-electron chi connectivity index (χ0n) is 12.7. The fourth-order valence-corrected chi connectivity index (χ4v) is 4.28. The van der Waals surface area contributed by atoms with Gasteiger partial charge < -0.3 is 14.4 Å². The number of thioether (sulfide) groups is 1. The first-order valence-corrected chi connectivity index (χ1v) is 8.64. The van der Waals surface area contributed by atoms with E-state index in [1.165, 1.54) is 0 Å². The SMILES string of the molecule is COc1cc(Br)c(C2SCC(=O)N2CC(C)C)cc1OC. The van der Waals surface area contributed by atoms with Crippen molar-refractivity contribution in [3.8, 4) is 11.5 Å². The summed E-state index contributed by atoms with van der Waals surface area (Å²) in [6, 6.07) is 3.84. The molecule has 116 valence electrons. The molecule has 0 aromatic heterocycles. The Kier molecular flexibility index (Phi) is 5.43. The molecule has 0 N–H and O–H groups in total. The summed E-state index contributed by atoms with van der Waals surface area (Å²) in [4.78, 5) is 14.1. The van der Waals surface area contributed by atoms with Gasteiger partial charge in [-0.3, -0.25) is 4.79 Å². The molecule has 4 nitrogen and oxygen atoms in total. The fourth-order valence-electron chi connectivity index (χ4n) is 2.36. The van der Waals surface area contributed by atoms with Crippen LogP contribution in [0.4, 0.5) is 0 Å². The Balaban J connectivity index is 2.38. The van der Waals surface area contributed by atoms with Crippen molar-refractivity contribution in [1.29, 1.82) is 0 Å². The first-order valence-electron chi connectivity index (χ1n) is 6.80. The molecule has 1 aliphatic rings. The van der Waals surface area contributed by atoms with Gasteiger partial charge in [0.15, 0.2) is 11.5 Å². The van der Waals surface area contributed by atoms with E-state index in [4.69, 9.17) is 9.47 Å². The van der Waals surface area contributed by atoms with Gasteiger partial charge in [-0.15, -0.1) is 11.8 Å². The van der Waals surface area contributed by atoms with Gasteiger partial charge in [0.1, 0.15) is 5.37 Å². The monoisotopic (exact) mass is 373 g/mol. The van der Waals surface area contributed by atoms with Crippen LogP contribution in [0.1, 0.15) is 24.8 Å². The van der Waals surface area contributed by atoms with Crippen molar-refractivity contribution in [2.24, 2.45) is 5.92 Å². The molecule has 0 spiro atoms.